The summed E-state index contributed by atoms with van der Waals surface area (Å²) in [6, 6.07) is -0.914. The molecule has 0 aromatic carbocycles. The van der Waals surface area contributed by atoms with Gasteiger partial charge in [-0.15, -0.1) is 0 Å². The first-order chi connectivity index (χ1) is 34.4. The summed E-state index contributed by atoms with van der Waals surface area (Å²) in [4.78, 5) is 39.8. The van der Waals surface area contributed by atoms with Crippen LogP contribution in [0.4, 0.5) is 0 Å². The smallest absolute Gasteiger partial charge is 0.306 e. The predicted octanol–water partition coefficient (Wildman–Crippen LogP) is 16.6. The Balaban J connectivity index is 5.41. The van der Waals surface area contributed by atoms with E-state index in [1.165, 1.54) is 70.6 Å². The van der Waals surface area contributed by atoms with Crippen molar-refractivity contribution in [3.05, 3.63) is 97.2 Å². The number of carbonyl (C=O) groups excluding carboxylic acids is 2. The van der Waals surface area contributed by atoms with E-state index >= 15 is 0 Å². The number of quaternary nitrogens is 1. The zero-order valence-corrected chi connectivity index (χ0v) is 47.3. The van der Waals surface area contributed by atoms with E-state index in [9.17, 15) is 19.0 Å². The number of carbonyl (C=O) groups is 2. The van der Waals surface area contributed by atoms with E-state index < -0.39 is 26.6 Å². The number of phosphoric ester groups is 1. The van der Waals surface area contributed by atoms with Gasteiger partial charge in [0.1, 0.15) is 19.3 Å². The maximum atomic E-state index is 13.4. The number of phosphoric acid groups is 1. The molecule has 3 unspecified atom stereocenters. The van der Waals surface area contributed by atoms with E-state index in [2.05, 4.69) is 111 Å². The first-order valence-corrected chi connectivity index (χ1v) is 30.0. The van der Waals surface area contributed by atoms with Crippen LogP contribution in [0.5, 0.6) is 0 Å². The molecule has 0 saturated heterocycles. The highest BCUT2D eigenvalue weighted by molar-refractivity contribution is 7.45. The number of unbranched alkanes of at least 4 members (excludes halogenated alkanes) is 20. The van der Waals surface area contributed by atoms with Crippen LogP contribution in [-0.2, 0) is 27.9 Å². The minimum atomic E-state index is -4.71. The maximum absolute atomic E-state index is 13.4. The van der Waals surface area contributed by atoms with Crippen LogP contribution in [0.15, 0.2) is 97.2 Å². The van der Waals surface area contributed by atoms with Crippen molar-refractivity contribution in [2.24, 2.45) is 0 Å². The summed E-state index contributed by atoms with van der Waals surface area (Å²) in [6.45, 7) is 6.63. The Kier molecular flexibility index (Phi) is 48.3. The Labute approximate surface area is 437 Å². The fourth-order valence-electron chi connectivity index (χ4n) is 7.56. The second kappa shape index (κ2) is 50.5. The first-order valence-electron chi connectivity index (χ1n) is 28.5. The standard InChI is InChI=1S/C61H107N2O7P/c1-7-10-13-16-19-22-25-27-28-29-30-31-32-33-34-36-39-42-45-48-51-54-61(65)70-59(52-49-46-43-40-38-35-26-23-20-17-14-11-8-2)58(57-69-71(66,67)68-56-55-63(4,5)6)62-60(64)53-50-47-44-41-37-24-21-18-15-12-9-3/h10,13,18-19,21-22,27-28,30-31,33-34,39,42,49,52,58-59H,7-9,11-12,14-17,20,23-26,29,32,35-38,40-41,43-48,50-51,53-57H2,1-6H3,(H-,62,64,66,67)/b13-10-,21-18-,22-19-,28-27-,31-30-,34-33-,42-39-,52-49-. The van der Waals surface area contributed by atoms with E-state index in [0.717, 1.165) is 116 Å². The molecule has 0 aliphatic rings. The van der Waals surface area contributed by atoms with Gasteiger partial charge in [-0.3, -0.25) is 14.2 Å². The van der Waals surface area contributed by atoms with Gasteiger partial charge in [-0.05, 0) is 102 Å². The molecule has 0 aliphatic carbocycles. The van der Waals surface area contributed by atoms with Crippen LogP contribution >= 0.6 is 7.82 Å². The van der Waals surface area contributed by atoms with Gasteiger partial charge in [0.2, 0.25) is 5.91 Å². The van der Waals surface area contributed by atoms with Crippen molar-refractivity contribution < 1.29 is 37.3 Å². The molecule has 0 radical (unpaired) electrons. The Morgan fingerprint density at radius 2 is 0.915 bits per heavy atom. The highest BCUT2D eigenvalue weighted by atomic mass is 31.2. The lowest BCUT2D eigenvalue weighted by molar-refractivity contribution is -0.870. The predicted molar refractivity (Wildman–Crippen MR) is 302 cm³/mol. The largest absolute Gasteiger partial charge is 0.756 e. The molecule has 0 aliphatic heterocycles. The molecule has 408 valence electrons. The lowest BCUT2D eigenvalue weighted by Crippen LogP contribution is -2.47. The van der Waals surface area contributed by atoms with E-state index in [1.807, 2.05) is 33.3 Å². The summed E-state index contributed by atoms with van der Waals surface area (Å²) in [5, 5.41) is 2.99. The number of allylic oxidation sites excluding steroid dienone is 15. The van der Waals surface area contributed by atoms with Crippen molar-refractivity contribution in [2.75, 3.05) is 40.9 Å². The molecule has 3 atom stereocenters. The zero-order chi connectivity index (χ0) is 52.2. The van der Waals surface area contributed by atoms with Crippen LogP contribution in [-0.4, -0.2) is 69.4 Å². The van der Waals surface area contributed by atoms with Gasteiger partial charge in [0.25, 0.3) is 7.82 Å². The van der Waals surface area contributed by atoms with Gasteiger partial charge >= 0.3 is 5.97 Å². The molecular formula is C61H107N2O7P. The summed E-state index contributed by atoms with van der Waals surface area (Å²) in [7, 11) is 1.14. The van der Waals surface area contributed by atoms with E-state index in [-0.39, 0.29) is 24.9 Å². The van der Waals surface area contributed by atoms with Gasteiger partial charge < -0.3 is 28.5 Å². The van der Waals surface area contributed by atoms with Crippen LogP contribution in [0.1, 0.15) is 226 Å². The van der Waals surface area contributed by atoms with Crippen LogP contribution in [0.2, 0.25) is 0 Å². The van der Waals surface area contributed by atoms with Gasteiger partial charge in [-0.1, -0.05) is 208 Å². The van der Waals surface area contributed by atoms with Crippen molar-refractivity contribution in [1.29, 1.82) is 0 Å². The summed E-state index contributed by atoms with van der Waals surface area (Å²) >= 11 is 0. The molecule has 9 nitrogen and oxygen atoms in total. The highest BCUT2D eigenvalue weighted by Crippen LogP contribution is 2.38. The Bertz CT molecular complexity index is 1540. The van der Waals surface area contributed by atoms with Gasteiger partial charge in [-0.2, -0.15) is 0 Å². The first kappa shape index (κ1) is 67.9. The molecule has 0 heterocycles. The number of esters is 1. The van der Waals surface area contributed by atoms with Gasteiger partial charge in [0.05, 0.1) is 33.8 Å². The van der Waals surface area contributed by atoms with Crippen LogP contribution in [0.25, 0.3) is 0 Å². The fourth-order valence-corrected chi connectivity index (χ4v) is 8.29. The zero-order valence-electron chi connectivity index (χ0n) is 46.4. The topological polar surface area (TPSA) is 114 Å². The van der Waals surface area contributed by atoms with Crippen molar-refractivity contribution in [2.45, 2.75) is 238 Å². The average Bonchev–Trinajstić information content (AvgIpc) is 3.33. The van der Waals surface area contributed by atoms with Crippen molar-refractivity contribution in [3.63, 3.8) is 0 Å². The normalized spacial score (nSPS) is 14.5. The number of nitrogens with one attached hydrogen (secondary N) is 1. The molecule has 0 spiro atoms. The lowest BCUT2D eigenvalue weighted by Gasteiger charge is -2.30. The monoisotopic (exact) mass is 1010 g/mol. The highest BCUT2D eigenvalue weighted by Gasteiger charge is 2.27. The summed E-state index contributed by atoms with van der Waals surface area (Å²) in [6.07, 6.45) is 66.6. The molecule has 0 saturated carbocycles. The SMILES string of the molecule is CC/C=C\C/C=C\C/C=C\C/C=C\C/C=C\C/C=C\CCCCC(=O)OC(/C=C\CCCCCCCCCCCCC)C(COP(=O)([O-])OCC[N+](C)(C)C)NC(=O)CCCCCCC/C=C\CCCC. The minimum Gasteiger partial charge on any atom is -0.756 e. The molecular weight excluding hydrogens is 904 g/mol. The number of rotatable bonds is 50. The number of hydrogen-bond acceptors (Lipinski definition) is 7. The van der Waals surface area contributed by atoms with E-state index in [0.29, 0.717) is 23.9 Å². The van der Waals surface area contributed by atoms with Gasteiger partial charge in [0, 0.05) is 12.8 Å². The third-order valence-electron chi connectivity index (χ3n) is 12.0. The van der Waals surface area contributed by atoms with Crippen molar-refractivity contribution in [1.82, 2.24) is 5.32 Å². The number of amides is 1. The summed E-state index contributed by atoms with van der Waals surface area (Å²) < 4.78 is 30.2. The Morgan fingerprint density at radius 3 is 1.42 bits per heavy atom. The molecule has 0 aromatic rings. The lowest BCUT2D eigenvalue weighted by atomic mass is 10.0. The van der Waals surface area contributed by atoms with Gasteiger partial charge in [-0.25, -0.2) is 0 Å². The maximum Gasteiger partial charge on any atom is 0.306 e. The Hall–Kier alpha value is -3.07. The number of nitrogens with zero attached hydrogens (tertiary/aromatic N) is 1. The van der Waals surface area contributed by atoms with Gasteiger partial charge in [0.15, 0.2) is 0 Å². The molecule has 0 bridgehead atoms. The second-order valence-corrected chi connectivity index (χ2v) is 21.5. The molecule has 1 N–H and O–H groups in total. The number of hydrogen-bond donors (Lipinski definition) is 1. The van der Waals surface area contributed by atoms with Crippen LogP contribution in [0.3, 0.4) is 0 Å². The minimum absolute atomic E-state index is 0.0354. The van der Waals surface area contributed by atoms with E-state index in [4.69, 9.17) is 13.8 Å². The summed E-state index contributed by atoms with van der Waals surface area (Å²) in [5.74, 6) is -0.610. The molecule has 10 heteroatoms. The summed E-state index contributed by atoms with van der Waals surface area (Å²) in [5.41, 5.74) is 0. The average molecular weight is 1010 g/mol. The van der Waals surface area contributed by atoms with Crippen molar-refractivity contribution in [3.8, 4) is 0 Å². The molecule has 0 rings (SSSR count). The fraction of sp³-hybridized carbons (Fsp3) is 0.705. The number of ether oxygens (including phenoxy) is 1. The third kappa shape index (κ3) is 51.6. The molecule has 0 aromatic heterocycles. The van der Waals surface area contributed by atoms with Crippen LogP contribution < -0.4 is 10.2 Å². The number of likely N-dealkylation sites (N-methyl/N-ethyl adjacent to an activating group) is 1. The molecule has 71 heavy (non-hydrogen) atoms. The molecule has 1 amide bonds. The van der Waals surface area contributed by atoms with E-state index in [1.54, 1.807) is 0 Å². The van der Waals surface area contributed by atoms with Crippen LogP contribution in [0, 0.1) is 0 Å². The third-order valence-corrected chi connectivity index (χ3v) is 13.0. The Morgan fingerprint density at radius 1 is 0.507 bits per heavy atom. The quantitative estimate of drug-likeness (QED) is 0.0212. The molecule has 0 fully saturated rings. The van der Waals surface area contributed by atoms with Crippen molar-refractivity contribution >= 4 is 19.7 Å². The second-order valence-electron chi connectivity index (χ2n) is 20.1.